The highest BCUT2D eigenvalue weighted by atomic mass is 16.5. The Bertz CT molecular complexity index is 807. The van der Waals surface area contributed by atoms with E-state index in [9.17, 15) is 4.79 Å². The van der Waals surface area contributed by atoms with Crippen molar-refractivity contribution < 1.29 is 18.7 Å². The van der Waals surface area contributed by atoms with Gasteiger partial charge in [-0.15, -0.1) is 10.2 Å². The van der Waals surface area contributed by atoms with Gasteiger partial charge in [0.2, 0.25) is 17.7 Å². The number of hydrogen-bond donors (Lipinski definition) is 0. The number of likely N-dealkylation sites (tertiary alicyclic amines) is 1. The van der Waals surface area contributed by atoms with Gasteiger partial charge >= 0.3 is 0 Å². The molecule has 1 aliphatic carbocycles. The van der Waals surface area contributed by atoms with Gasteiger partial charge in [-0.05, 0) is 43.4 Å². The summed E-state index contributed by atoms with van der Waals surface area (Å²) in [5.41, 5.74) is 0.922. The fourth-order valence-corrected chi connectivity index (χ4v) is 3.56. The summed E-state index contributed by atoms with van der Waals surface area (Å²) >= 11 is 0. The Balaban J connectivity index is 1.33. The van der Waals surface area contributed by atoms with Crippen molar-refractivity contribution >= 4 is 5.91 Å². The topological polar surface area (TPSA) is 77.7 Å². The molecule has 1 aromatic carbocycles. The van der Waals surface area contributed by atoms with E-state index in [1.54, 1.807) is 14.2 Å². The van der Waals surface area contributed by atoms with Gasteiger partial charge < -0.3 is 18.8 Å². The first-order chi connectivity index (χ1) is 13.2. The van der Waals surface area contributed by atoms with Crippen LogP contribution in [0.15, 0.2) is 22.6 Å². The molecule has 2 heterocycles. The Labute approximate surface area is 158 Å². The highest BCUT2D eigenvalue weighted by Gasteiger charge is 2.32. The second-order valence-corrected chi connectivity index (χ2v) is 7.27. The lowest BCUT2D eigenvalue weighted by Crippen LogP contribution is -2.38. The van der Waals surface area contributed by atoms with Crippen LogP contribution in [0.1, 0.15) is 54.9 Å². The maximum absolute atomic E-state index is 12.7. The summed E-state index contributed by atoms with van der Waals surface area (Å²) in [6, 6.07) is 5.60. The molecule has 0 bridgehead atoms. The van der Waals surface area contributed by atoms with Gasteiger partial charge in [0, 0.05) is 24.9 Å². The number of amides is 1. The molecule has 0 radical (unpaired) electrons. The number of methoxy groups -OCH3 is 2. The van der Waals surface area contributed by atoms with E-state index in [1.165, 1.54) is 0 Å². The second kappa shape index (κ2) is 7.58. The number of ether oxygens (including phenoxy) is 2. The standard InChI is InChI=1S/C20H25N3O4/c1-25-16-6-3-13(11-17(16)26-2)12-18(24)23-9-7-15(8-10-23)20-22-21-19(27-20)14-4-5-14/h3,6,11,14-15H,4-5,7-10,12H2,1-2H3. The van der Waals surface area contributed by atoms with E-state index in [4.69, 9.17) is 13.9 Å². The van der Waals surface area contributed by atoms with Gasteiger partial charge in [-0.1, -0.05) is 6.07 Å². The van der Waals surface area contributed by atoms with E-state index in [0.29, 0.717) is 23.8 Å². The first-order valence-electron chi connectivity index (χ1n) is 9.50. The van der Waals surface area contributed by atoms with Crippen molar-refractivity contribution in [2.45, 2.75) is 43.9 Å². The summed E-state index contributed by atoms with van der Waals surface area (Å²) < 4.78 is 16.4. The molecular weight excluding hydrogens is 346 g/mol. The number of rotatable bonds is 6. The largest absolute Gasteiger partial charge is 0.493 e. The van der Waals surface area contributed by atoms with Crippen LogP contribution in [0.5, 0.6) is 11.5 Å². The molecule has 0 spiro atoms. The van der Waals surface area contributed by atoms with Crippen LogP contribution in [0.2, 0.25) is 0 Å². The molecule has 2 fully saturated rings. The van der Waals surface area contributed by atoms with Gasteiger partial charge in [0.05, 0.1) is 20.6 Å². The van der Waals surface area contributed by atoms with Crippen molar-refractivity contribution in [2.75, 3.05) is 27.3 Å². The highest BCUT2D eigenvalue weighted by molar-refractivity contribution is 5.79. The van der Waals surface area contributed by atoms with Crippen LogP contribution in [-0.4, -0.2) is 48.3 Å². The molecule has 0 N–H and O–H groups in total. The van der Waals surface area contributed by atoms with Crippen molar-refractivity contribution in [3.63, 3.8) is 0 Å². The highest BCUT2D eigenvalue weighted by Crippen LogP contribution is 2.40. The number of nitrogens with zero attached hydrogens (tertiary/aromatic N) is 3. The van der Waals surface area contributed by atoms with Gasteiger partial charge in [-0.2, -0.15) is 0 Å². The summed E-state index contributed by atoms with van der Waals surface area (Å²) in [7, 11) is 3.20. The quantitative estimate of drug-likeness (QED) is 0.777. The van der Waals surface area contributed by atoms with Crippen LogP contribution in [0.4, 0.5) is 0 Å². The molecule has 4 rings (SSSR count). The Morgan fingerprint density at radius 2 is 1.67 bits per heavy atom. The third-order valence-electron chi connectivity index (χ3n) is 5.38. The summed E-state index contributed by atoms with van der Waals surface area (Å²) in [4.78, 5) is 14.6. The number of piperidine rings is 1. The van der Waals surface area contributed by atoms with Crippen molar-refractivity contribution in [1.82, 2.24) is 15.1 Å². The third kappa shape index (κ3) is 3.91. The fourth-order valence-electron chi connectivity index (χ4n) is 3.56. The molecule has 144 valence electrons. The number of aromatic nitrogens is 2. The summed E-state index contributed by atoms with van der Waals surface area (Å²) in [5.74, 6) is 3.71. The van der Waals surface area contributed by atoms with Gasteiger partial charge in [0.25, 0.3) is 0 Å². The summed E-state index contributed by atoms with van der Waals surface area (Å²) in [6.45, 7) is 1.44. The van der Waals surface area contributed by atoms with E-state index in [1.807, 2.05) is 23.1 Å². The molecular formula is C20H25N3O4. The van der Waals surface area contributed by atoms with Crippen LogP contribution in [0, 0.1) is 0 Å². The average Bonchev–Trinajstić information content (AvgIpc) is 3.44. The zero-order valence-electron chi connectivity index (χ0n) is 15.8. The molecule has 1 amide bonds. The van der Waals surface area contributed by atoms with E-state index < -0.39 is 0 Å². The summed E-state index contributed by atoms with van der Waals surface area (Å²) in [5, 5.41) is 8.40. The average molecular weight is 371 g/mol. The van der Waals surface area contributed by atoms with E-state index in [2.05, 4.69) is 10.2 Å². The minimum atomic E-state index is 0.130. The molecule has 2 aromatic rings. The molecule has 2 aliphatic rings. The van der Waals surface area contributed by atoms with Gasteiger partial charge in [-0.25, -0.2) is 0 Å². The third-order valence-corrected chi connectivity index (χ3v) is 5.38. The predicted molar refractivity (Wildman–Crippen MR) is 98.1 cm³/mol. The molecule has 7 heteroatoms. The van der Waals surface area contributed by atoms with Gasteiger partial charge in [-0.3, -0.25) is 4.79 Å². The maximum Gasteiger partial charge on any atom is 0.226 e. The lowest BCUT2D eigenvalue weighted by Gasteiger charge is -2.30. The van der Waals surface area contributed by atoms with Crippen LogP contribution >= 0.6 is 0 Å². The van der Waals surface area contributed by atoms with Crippen LogP contribution in [-0.2, 0) is 11.2 Å². The fraction of sp³-hybridized carbons (Fsp3) is 0.550. The SMILES string of the molecule is COc1ccc(CC(=O)N2CCC(c3nnc(C4CC4)o3)CC2)cc1OC. The smallest absolute Gasteiger partial charge is 0.226 e. The first-order valence-corrected chi connectivity index (χ1v) is 9.50. The Kier molecular flexibility index (Phi) is 5.01. The number of carbonyl (C=O) groups excluding carboxylic acids is 1. The Hall–Kier alpha value is -2.57. The van der Waals surface area contributed by atoms with Gasteiger partial charge in [0.1, 0.15) is 0 Å². The molecule has 27 heavy (non-hydrogen) atoms. The molecule has 1 aliphatic heterocycles. The normalized spacial score (nSPS) is 17.8. The van der Waals surface area contributed by atoms with Crippen LogP contribution in [0.25, 0.3) is 0 Å². The zero-order valence-corrected chi connectivity index (χ0v) is 15.8. The maximum atomic E-state index is 12.7. The number of benzene rings is 1. The minimum absolute atomic E-state index is 0.130. The van der Waals surface area contributed by atoms with Gasteiger partial charge in [0.15, 0.2) is 11.5 Å². The lowest BCUT2D eigenvalue weighted by molar-refractivity contribution is -0.131. The van der Waals surface area contributed by atoms with Crippen molar-refractivity contribution in [3.05, 3.63) is 35.5 Å². The van der Waals surface area contributed by atoms with Crippen molar-refractivity contribution in [1.29, 1.82) is 0 Å². The molecule has 1 saturated carbocycles. The molecule has 0 unspecified atom stereocenters. The monoisotopic (exact) mass is 371 g/mol. The van der Waals surface area contributed by atoms with Crippen LogP contribution in [0.3, 0.4) is 0 Å². The Morgan fingerprint density at radius 1 is 1.04 bits per heavy atom. The van der Waals surface area contributed by atoms with E-state index in [0.717, 1.165) is 56.1 Å². The Morgan fingerprint density at radius 3 is 2.26 bits per heavy atom. The number of carbonyl (C=O) groups is 1. The molecule has 1 saturated heterocycles. The van der Waals surface area contributed by atoms with E-state index in [-0.39, 0.29) is 11.8 Å². The molecule has 7 nitrogen and oxygen atoms in total. The van der Waals surface area contributed by atoms with Crippen molar-refractivity contribution in [3.8, 4) is 11.5 Å². The molecule has 1 aromatic heterocycles. The van der Waals surface area contributed by atoms with Crippen molar-refractivity contribution in [2.24, 2.45) is 0 Å². The first kappa shape index (κ1) is 17.8. The summed E-state index contributed by atoms with van der Waals surface area (Å²) in [6.07, 6.45) is 4.40. The zero-order chi connectivity index (χ0) is 18.8. The predicted octanol–water partition coefficient (Wildman–Crippen LogP) is 2.91. The molecule has 0 atom stereocenters. The second-order valence-electron chi connectivity index (χ2n) is 7.27. The van der Waals surface area contributed by atoms with Crippen LogP contribution < -0.4 is 9.47 Å². The minimum Gasteiger partial charge on any atom is -0.493 e. The number of hydrogen-bond acceptors (Lipinski definition) is 6. The lowest BCUT2D eigenvalue weighted by atomic mass is 9.96. The van der Waals surface area contributed by atoms with E-state index >= 15 is 0 Å².